The zero-order valence-corrected chi connectivity index (χ0v) is 14.9. The summed E-state index contributed by atoms with van der Waals surface area (Å²) in [6, 6.07) is 3.84. The van der Waals surface area contributed by atoms with Gasteiger partial charge in [0, 0.05) is 5.56 Å². The fraction of sp³-hybridized carbons (Fsp3) is 0.500. The van der Waals surface area contributed by atoms with Crippen molar-refractivity contribution in [1.82, 2.24) is 4.90 Å². The second-order valence-corrected chi connectivity index (χ2v) is 7.65. The van der Waals surface area contributed by atoms with Gasteiger partial charge >= 0.3 is 5.97 Å². The van der Waals surface area contributed by atoms with Crippen LogP contribution in [0.2, 0.25) is 0 Å². The standard InChI is InChI=1S/C20H20FNO5/c1-10(20(26)27-9-15(23)11-4-6-14(21)7-5-11)22-18(24)16-12-2-3-13(8-12)17(16)19(22)25/h4-7,10,12-13,16-17H,2-3,8-9H2,1H3/t10-,12-,13+,16-,17+/m1/s1. The number of imide groups is 1. The van der Waals surface area contributed by atoms with Gasteiger partial charge in [0.25, 0.3) is 0 Å². The average molecular weight is 373 g/mol. The molecule has 1 aromatic rings. The molecule has 2 bridgehead atoms. The summed E-state index contributed by atoms with van der Waals surface area (Å²) < 4.78 is 17.9. The fourth-order valence-electron chi connectivity index (χ4n) is 4.90. The Hall–Kier alpha value is -2.57. The predicted octanol–water partition coefficient (Wildman–Crippen LogP) is 1.97. The minimum atomic E-state index is -1.06. The maximum atomic E-state index is 12.9. The van der Waals surface area contributed by atoms with Crippen LogP contribution >= 0.6 is 0 Å². The third-order valence-corrected chi connectivity index (χ3v) is 6.20. The van der Waals surface area contributed by atoms with Crippen LogP contribution in [-0.4, -0.2) is 41.1 Å². The molecule has 2 saturated carbocycles. The number of fused-ring (bicyclic) bond motifs is 5. The Morgan fingerprint density at radius 1 is 1.11 bits per heavy atom. The van der Waals surface area contributed by atoms with E-state index in [0.717, 1.165) is 36.3 Å². The van der Waals surface area contributed by atoms with Crippen molar-refractivity contribution >= 4 is 23.6 Å². The van der Waals surface area contributed by atoms with E-state index in [0.29, 0.717) is 0 Å². The van der Waals surface area contributed by atoms with Crippen LogP contribution < -0.4 is 0 Å². The Morgan fingerprint density at radius 3 is 2.22 bits per heavy atom. The third-order valence-electron chi connectivity index (χ3n) is 6.20. The lowest BCUT2D eigenvalue weighted by Crippen LogP contribution is -2.45. The third kappa shape index (κ3) is 2.85. The molecule has 1 aromatic carbocycles. The first-order valence-electron chi connectivity index (χ1n) is 9.20. The van der Waals surface area contributed by atoms with Crippen molar-refractivity contribution in [2.45, 2.75) is 32.2 Å². The summed E-state index contributed by atoms with van der Waals surface area (Å²) in [4.78, 5) is 50.8. The van der Waals surface area contributed by atoms with Crippen LogP contribution in [0.3, 0.4) is 0 Å². The number of benzene rings is 1. The number of likely N-dealkylation sites (tertiary alicyclic amines) is 1. The first-order valence-corrected chi connectivity index (χ1v) is 9.20. The van der Waals surface area contributed by atoms with Gasteiger partial charge < -0.3 is 4.74 Å². The van der Waals surface area contributed by atoms with Gasteiger partial charge in [-0.1, -0.05) is 0 Å². The maximum absolute atomic E-state index is 12.9. The SMILES string of the molecule is C[C@H](C(=O)OCC(=O)c1ccc(F)cc1)N1C(=O)[C@@H]2[C@@H]3CC[C@@H](C3)[C@@H]2C1=O. The maximum Gasteiger partial charge on any atom is 0.329 e. The van der Waals surface area contributed by atoms with Crippen LogP contribution in [-0.2, 0) is 19.1 Å². The molecular formula is C20H20FNO5. The quantitative estimate of drug-likeness (QED) is 0.448. The van der Waals surface area contributed by atoms with E-state index in [4.69, 9.17) is 4.74 Å². The largest absolute Gasteiger partial charge is 0.456 e. The lowest BCUT2D eigenvalue weighted by molar-refractivity contribution is -0.157. The van der Waals surface area contributed by atoms with E-state index < -0.39 is 30.2 Å². The Labute approximate surface area is 155 Å². The number of hydrogen-bond acceptors (Lipinski definition) is 5. The minimum Gasteiger partial charge on any atom is -0.456 e. The van der Waals surface area contributed by atoms with E-state index in [-0.39, 0.29) is 41.0 Å². The number of hydrogen-bond donors (Lipinski definition) is 0. The van der Waals surface area contributed by atoms with Crippen LogP contribution in [0.4, 0.5) is 4.39 Å². The minimum absolute atomic E-state index is 0.219. The molecule has 3 aliphatic rings. The highest BCUT2D eigenvalue weighted by Crippen LogP contribution is 2.56. The van der Waals surface area contributed by atoms with E-state index in [2.05, 4.69) is 0 Å². The van der Waals surface area contributed by atoms with Crippen LogP contribution in [0.5, 0.6) is 0 Å². The molecule has 4 rings (SSSR count). The lowest BCUT2D eigenvalue weighted by atomic mass is 9.81. The number of ketones is 1. The summed E-state index contributed by atoms with van der Waals surface area (Å²) in [5.41, 5.74) is 0.219. The first kappa shape index (κ1) is 17.8. The molecule has 1 aliphatic heterocycles. The number of nitrogens with zero attached hydrogens (tertiary/aromatic N) is 1. The summed E-state index contributed by atoms with van der Waals surface area (Å²) in [7, 11) is 0. The Kier molecular flexibility index (Phi) is 4.32. The predicted molar refractivity (Wildman–Crippen MR) is 90.8 cm³/mol. The van der Waals surface area contributed by atoms with Gasteiger partial charge in [-0.2, -0.15) is 0 Å². The van der Waals surface area contributed by atoms with E-state index >= 15 is 0 Å². The molecule has 142 valence electrons. The first-order chi connectivity index (χ1) is 12.9. The van der Waals surface area contributed by atoms with Gasteiger partial charge in [-0.15, -0.1) is 0 Å². The molecule has 0 unspecified atom stereocenters. The molecule has 2 amide bonds. The summed E-state index contributed by atoms with van der Waals surface area (Å²) in [6.45, 7) is 0.923. The van der Waals surface area contributed by atoms with Crippen molar-refractivity contribution in [2.24, 2.45) is 23.7 Å². The number of carbonyl (C=O) groups is 4. The van der Waals surface area contributed by atoms with Gasteiger partial charge in [0.05, 0.1) is 11.8 Å². The molecule has 1 heterocycles. The van der Waals surface area contributed by atoms with Crippen molar-refractivity contribution in [3.63, 3.8) is 0 Å². The summed E-state index contributed by atoms with van der Waals surface area (Å²) in [5, 5.41) is 0. The van der Waals surface area contributed by atoms with Gasteiger partial charge in [0.2, 0.25) is 11.8 Å². The van der Waals surface area contributed by atoms with Gasteiger partial charge in [-0.3, -0.25) is 19.3 Å². The van der Waals surface area contributed by atoms with Crippen molar-refractivity contribution in [3.05, 3.63) is 35.6 Å². The lowest BCUT2D eigenvalue weighted by Gasteiger charge is -2.22. The summed E-state index contributed by atoms with van der Waals surface area (Å²) in [6.07, 6.45) is 2.85. The van der Waals surface area contributed by atoms with E-state index in [1.165, 1.54) is 19.1 Å². The molecule has 6 nitrogen and oxygen atoms in total. The van der Waals surface area contributed by atoms with Gasteiger partial charge in [-0.25, -0.2) is 9.18 Å². The van der Waals surface area contributed by atoms with Crippen LogP contribution in [0, 0.1) is 29.5 Å². The monoisotopic (exact) mass is 373 g/mol. The highest BCUT2D eigenvalue weighted by Gasteiger charge is 2.62. The van der Waals surface area contributed by atoms with E-state index in [9.17, 15) is 23.6 Å². The highest BCUT2D eigenvalue weighted by molar-refractivity contribution is 6.08. The summed E-state index contributed by atoms with van der Waals surface area (Å²) >= 11 is 0. The number of ether oxygens (including phenoxy) is 1. The highest BCUT2D eigenvalue weighted by atomic mass is 19.1. The molecular weight excluding hydrogens is 353 g/mol. The Bertz CT molecular complexity index is 792. The molecule has 0 aromatic heterocycles. The topological polar surface area (TPSA) is 80.8 Å². The number of rotatable bonds is 5. The molecule has 2 aliphatic carbocycles. The van der Waals surface area contributed by atoms with Gasteiger partial charge in [-0.05, 0) is 62.3 Å². The van der Waals surface area contributed by atoms with Crippen molar-refractivity contribution in [2.75, 3.05) is 6.61 Å². The molecule has 0 radical (unpaired) electrons. The molecule has 5 atom stereocenters. The van der Waals surface area contributed by atoms with Gasteiger partial charge in [0.15, 0.2) is 12.4 Å². The Balaban J connectivity index is 1.39. The molecule has 7 heteroatoms. The van der Waals surface area contributed by atoms with Crippen LogP contribution in [0.15, 0.2) is 24.3 Å². The van der Waals surface area contributed by atoms with Crippen molar-refractivity contribution in [1.29, 1.82) is 0 Å². The van der Waals surface area contributed by atoms with Crippen molar-refractivity contribution in [3.8, 4) is 0 Å². The number of halogens is 1. The molecule has 0 N–H and O–H groups in total. The van der Waals surface area contributed by atoms with Crippen LogP contribution in [0.1, 0.15) is 36.5 Å². The van der Waals surface area contributed by atoms with Crippen molar-refractivity contribution < 1.29 is 28.3 Å². The second kappa shape index (κ2) is 6.55. The number of carbonyl (C=O) groups excluding carboxylic acids is 4. The molecule has 1 saturated heterocycles. The van der Waals surface area contributed by atoms with E-state index in [1.54, 1.807) is 0 Å². The molecule has 3 fully saturated rings. The summed E-state index contributed by atoms with van der Waals surface area (Å²) in [5.74, 6) is -2.43. The second-order valence-electron chi connectivity index (χ2n) is 7.65. The molecule has 0 spiro atoms. The smallest absolute Gasteiger partial charge is 0.329 e. The average Bonchev–Trinajstić information content (AvgIpc) is 3.33. The zero-order valence-electron chi connectivity index (χ0n) is 14.9. The normalized spacial score (nSPS) is 29.8. The van der Waals surface area contributed by atoms with Crippen LogP contribution in [0.25, 0.3) is 0 Å². The number of amides is 2. The van der Waals surface area contributed by atoms with E-state index in [1.807, 2.05) is 0 Å². The zero-order chi connectivity index (χ0) is 19.3. The molecule has 27 heavy (non-hydrogen) atoms. The number of Topliss-reactive ketones (excluding diaryl/α,β-unsaturated/α-hetero) is 1. The fourth-order valence-corrected chi connectivity index (χ4v) is 4.90. The number of esters is 1. The van der Waals surface area contributed by atoms with Gasteiger partial charge in [0.1, 0.15) is 11.9 Å². The Morgan fingerprint density at radius 2 is 1.67 bits per heavy atom.